The number of hydrogen-bond donors (Lipinski definition) is 1. The molecule has 0 fully saturated rings. The SMILES string of the molecule is Cc1ccncc1NC(C)CCC(C)C. The van der Waals surface area contributed by atoms with Crippen LogP contribution in [0.2, 0.25) is 0 Å². The number of nitrogens with one attached hydrogen (secondary N) is 1. The molecular formula is C13H22N2. The summed E-state index contributed by atoms with van der Waals surface area (Å²) in [6, 6.07) is 2.56. The van der Waals surface area contributed by atoms with E-state index in [4.69, 9.17) is 0 Å². The molecule has 84 valence electrons. The Hall–Kier alpha value is -1.05. The smallest absolute Gasteiger partial charge is 0.0558 e. The molecule has 1 N–H and O–H groups in total. The van der Waals surface area contributed by atoms with Crippen molar-refractivity contribution in [3.63, 3.8) is 0 Å². The van der Waals surface area contributed by atoms with Gasteiger partial charge in [0.2, 0.25) is 0 Å². The minimum atomic E-state index is 0.523. The first-order chi connectivity index (χ1) is 7.09. The van der Waals surface area contributed by atoms with Gasteiger partial charge in [-0.15, -0.1) is 0 Å². The maximum atomic E-state index is 4.13. The number of rotatable bonds is 5. The van der Waals surface area contributed by atoms with Gasteiger partial charge >= 0.3 is 0 Å². The predicted octanol–water partition coefficient (Wildman–Crippen LogP) is 3.63. The molecule has 0 aromatic carbocycles. The molecule has 1 rings (SSSR count). The molecule has 1 aromatic heterocycles. The lowest BCUT2D eigenvalue weighted by Crippen LogP contribution is -2.16. The third kappa shape index (κ3) is 4.32. The normalized spacial score (nSPS) is 12.9. The van der Waals surface area contributed by atoms with E-state index < -0.39 is 0 Å². The van der Waals surface area contributed by atoms with Crippen LogP contribution in [0.5, 0.6) is 0 Å². The van der Waals surface area contributed by atoms with E-state index in [0.717, 1.165) is 11.6 Å². The van der Waals surface area contributed by atoms with Crippen LogP contribution in [0.25, 0.3) is 0 Å². The van der Waals surface area contributed by atoms with Crippen molar-refractivity contribution < 1.29 is 0 Å². The van der Waals surface area contributed by atoms with Gasteiger partial charge in [0, 0.05) is 12.2 Å². The van der Waals surface area contributed by atoms with Gasteiger partial charge in [0.05, 0.1) is 11.9 Å². The van der Waals surface area contributed by atoms with Crippen LogP contribution in [-0.4, -0.2) is 11.0 Å². The molecule has 0 amide bonds. The summed E-state index contributed by atoms with van der Waals surface area (Å²) in [5.74, 6) is 0.782. The van der Waals surface area contributed by atoms with Crippen LogP contribution in [0.3, 0.4) is 0 Å². The van der Waals surface area contributed by atoms with Crippen LogP contribution < -0.4 is 5.32 Å². The van der Waals surface area contributed by atoms with Crippen molar-refractivity contribution in [2.24, 2.45) is 5.92 Å². The molecule has 0 spiro atoms. The van der Waals surface area contributed by atoms with Crippen molar-refractivity contribution in [3.05, 3.63) is 24.0 Å². The molecule has 1 aromatic rings. The van der Waals surface area contributed by atoms with Gasteiger partial charge in [-0.1, -0.05) is 13.8 Å². The van der Waals surface area contributed by atoms with Crippen LogP contribution in [0.4, 0.5) is 5.69 Å². The molecule has 1 heterocycles. The van der Waals surface area contributed by atoms with E-state index in [1.54, 1.807) is 0 Å². The van der Waals surface area contributed by atoms with Gasteiger partial charge in [-0.25, -0.2) is 0 Å². The largest absolute Gasteiger partial charge is 0.381 e. The summed E-state index contributed by atoms with van der Waals surface area (Å²) >= 11 is 0. The average molecular weight is 206 g/mol. The molecule has 0 aliphatic heterocycles. The Morgan fingerprint density at radius 3 is 2.60 bits per heavy atom. The highest BCUT2D eigenvalue weighted by atomic mass is 14.9. The Morgan fingerprint density at radius 2 is 2.00 bits per heavy atom. The fourth-order valence-electron chi connectivity index (χ4n) is 1.54. The predicted molar refractivity (Wildman–Crippen MR) is 66.1 cm³/mol. The highest BCUT2D eigenvalue weighted by molar-refractivity contribution is 5.48. The van der Waals surface area contributed by atoms with Crippen molar-refractivity contribution in [1.29, 1.82) is 0 Å². The zero-order valence-electron chi connectivity index (χ0n) is 10.2. The lowest BCUT2D eigenvalue weighted by molar-refractivity contribution is 0.527. The second kappa shape index (κ2) is 5.74. The fourth-order valence-corrected chi connectivity index (χ4v) is 1.54. The van der Waals surface area contributed by atoms with Crippen LogP contribution in [0.1, 0.15) is 39.2 Å². The Balaban J connectivity index is 2.44. The van der Waals surface area contributed by atoms with Crippen molar-refractivity contribution in [2.75, 3.05) is 5.32 Å². The molecule has 0 aliphatic rings. The number of anilines is 1. The highest BCUT2D eigenvalue weighted by Gasteiger charge is 2.05. The molecule has 0 aliphatic carbocycles. The number of aromatic nitrogens is 1. The van der Waals surface area contributed by atoms with E-state index in [9.17, 15) is 0 Å². The van der Waals surface area contributed by atoms with Gasteiger partial charge in [0.1, 0.15) is 0 Å². The number of nitrogens with zero attached hydrogens (tertiary/aromatic N) is 1. The maximum absolute atomic E-state index is 4.13. The lowest BCUT2D eigenvalue weighted by atomic mass is 10.0. The van der Waals surface area contributed by atoms with Crippen molar-refractivity contribution in [2.45, 2.75) is 46.6 Å². The van der Waals surface area contributed by atoms with Gasteiger partial charge in [-0.05, 0) is 44.2 Å². The summed E-state index contributed by atoms with van der Waals surface area (Å²) in [6.45, 7) is 8.87. The fraction of sp³-hybridized carbons (Fsp3) is 0.615. The molecule has 2 heteroatoms. The van der Waals surface area contributed by atoms with Crippen molar-refractivity contribution in [1.82, 2.24) is 4.98 Å². The summed E-state index contributed by atoms with van der Waals surface area (Å²) < 4.78 is 0. The molecule has 15 heavy (non-hydrogen) atoms. The summed E-state index contributed by atoms with van der Waals surface area (Å²) in [4.78, 5) is 4.13. The molecule has 1 atom stereocenters. The first-order valence-electron chi connectivity index (χ1n) is 5.76. The molecule has 0 saturated carbocycles. The molecule has 0 saturated heterocycles. The van der Waals surface area contributed by atoms with Gasteiger partial charge < -0.3 is 5.32 Å². The van der Waals surface area contributed by atoms with Crippen LogP contribution in [0.15, 0.2) is 18.5 Å². The molecule has 2 nitrogen and oxygen atoms in total. The summed E-state index contributed by atoms with van der Waals surface area (Å²) in [6.07, 6.45) is 6.22. The molecule has 0 radical (unpaired) electrons. The molecule has 0 bridgehead atoms. The zero-order valence-corrected chi connectivity index (χ0v) is 10.2. The first-order valence-corrected chi connectivity index (χ1v) is 5.76. The van der Waals surface area contributed by atoms with E-state index >= 15 is 0 Å². The van der Waals surface area contributed by atoms with Gasteiger partial charge in [0.15, 0.2) is 0 Å². The zero-order chi connectivity index (χ0) is 11.3. The second-order valence-electron chi connectivity index (χ2n) is 4.71. The van der Waals surface area contributed by atoms with Crippen LogP contribution in [-0.2, 0) is 0 Å². The minimum Gasteiger partial charge on any atom is -0.381 e. The Labute approximate surface area is 93.1 Å². The summed E-state index contributed by atoms with van der Waals surface area (Å²) in [5.41, 5.74) is 2.43. The van der Waals surface area contributed by atoms with E-state index in [1.165, 1.54) is 18.4 Å². The standard InChI is InChI=1S/C13H22N2/c1-10(2)5-6-12(4)15-13-9-14-8-7-11(13)3/h7-10,12,15H,5-6H2,1-4H3. The van der Waals surface area contributed by atoms with E-state index in [-0.39, 0.29) is 0 Å². The Morgan fingerprint density at radius 1 is 1.27 bits per heavy atom. The first kappa shape index (κ1) is 12.0. The Kier molecular flexibility index (Phi) is 4.60. The van der Waals surface area contributed by atoms with E-state index in [0.29, 0.717) is 6.04 Å². The number of hydrogen-bond acceptors (Lipinski definition) is 2. The van der Waals surface area contributed by atoms with Gasteiger partial charge in [-0.2, -0.15) is 0 Å². The quantitative estimate of drug-likeness (QED) is 0.795. The van der Waals surface area contributed by atoms with E-state index in [2.05, 4.69) is 38.0 Å². The van der Waals surface area contributed by atoms with Crippen LogP contribution >= 0.6 is 0 Å². The molecule has 1 unspecified atom stereocenters. The molecular weight excluding hydrogens is 184 g/mol. The summed E-state index contributed by atoms with van der Waals surface area (Å²) in [7, 11) is 0. The third-order valence-corrected chi connectivity index (χ3v) is 2.62. The number of aryl methyl sites for hydroxylation is 1. The van der Waals surface area contributed by atoms with Crippen molar-refractivity contribution in [3.8, 4) is 0 Å². The van der Waals surface area contributed by atoms with E-state index in [1.807, 2.05) is 18.5 Å². The lowest BCUT2D eigenvalue weighted by Gasteiger charge is -2.17. The van der Waals surface area contributed by atoms with Gasteiger partial charge in [-0.3, -0.25) is 4.98 Å². The number of pyridine rings is 1. The van der Waals surface area contributed by atoms with Crippen LogP contribution in [0, 0.1) is 12.8 Å². The monoisotopic (exact) mass is 206 g/mol. The summed E-state index contributed by atoms with van der Waals surface area (Å²) in [5, 5.41) is 3.50. The third-order valence-electron chi connectivity index (χ3n) is 2.62. The Bertz CT molecular complexity index is 294. The maximum Gasteiger partial charge on any atom is 0.0558 e. The van der Waals surface area contributed by atoms with Crippen molar-refractivity contribution >= 4 is 5.69 Å². The second-order valence-corrected chi connectivity index (χ2v) is 4.71. The minimum absolute atomic E-state index is 0.523. The van der Waals surface area contributed by atoms with Gasteiger partial charge in [0.25, 0.3) is 0 Å². The highest BCUT2D eigenvalue weighted by Crippen LogP contribution is 2.15. The topological polar surface area (TPSA) is 24.9 Å². The average Bonchev–Trinajstić information content (AvgIpc) is 2.18.